The highest BCUT2D eigenvalue weighted by Gasteiger charge is 2.17. The van der Waals surface area contributed by atoms with E-state index in [4.69, 9.17) is 11.5 Å². The van der Waals surface area contributed by atoms with Crippen LogP contribution < -0.4 is 11.5 Å². The zero-order chi connectivity index (χ0) is 13.5. The van der Waals surface area contributed by atoms with Gasteiger partial charge in [0.25, 0.3) is 0 Å². The third-order valence-electron chi connectivity index (χ3n) is 2.77. The van der Waals surface area contributed by atoms with Crippen molar-refractivity contribution < 1.29 is 9.90 Å². The monoisotopic (exact) mass is 251 g/mol. The Morgan fingerprint density at radius 1 is 1.39 bits per heavy atom. The van der Waals surface area contributed by atoms with Crippen molar-refractivity contribution in [1.29, 1.82) is 0 Å². The fourth-order valence-corrected chi connectivity index (χ4v) is 1.70. The van der Waals surface area contributed by atoms with Crippen molar-refractivity contribution in [3.05, 3.63) is 29.8 Å². The van der Waals surface area contributed by atoms with Crippen LogP contribution in [0.1, 0.15) is 18.4 Å². The topological polar surface area (TPSA) is 92.6 Å². The molecule has 100 valence electrons. The molecule has 0 saturated heterocycles. The van der Waals surface area contributed by atoms with E-state index < -0.39 is 6.04 Å². The van der Waals surface area contributed by atoms with E-state index in [0.29, 0.717) is 19.5 Å². The van der Waals surface area contributed by atoms with Crippen LogP contribution in [0.5, 0.6) is 5.75 Å². The van der Waals surface area contributed by atoms with Crippen LogP contribution in [0.25, 0.3) is 0 Å². The predicted molar refractivity (Wildman–Crippen MR) is 70.8 cm³/mol. The summed E-state index contributed by atoms with van der Waals surface area (Å²) in [6.45, 7) is 1.03. The molecule has 1 aromatic carbocycles. The van der Waals surface area contributed by atoms with Crippen LogP contribution in [0.3, 0.4) is 0 Å². The van der Waals surface area contributed by atoms with Gasteiger partial charge in [0, 0.05) is 13.6 Å². The summed E-state index contributed by atoms with van der Waals surface area (Å²) in [7, 11) is 1.72. The van der Waals surface area contributed by atoms with E-state index in [1.807, 2.05) is 0 Å². The molecule has 0 aliphatic heterocycles. The molecule has 0 aliphatic carbocycles. The number of rotatable bonds is 6. The van der Waals surface area contributed by atoms with Gasteiger partial charge < -0.3 is 21.5 Å². The lowest BCUT2D eigenvalue weighted by Crippen LogP contribution is -2.41. The van der Waals surface area contributed by atoms with E-state index in [2.05, 4.69) is 0 Å². The Balaban J connectivity index is 2.51. The Labute approximate surface area is 107 Å². The van der Waals surface area contributed by atoms with Gasteiger partial charge in [-0.2, -0.15) is 0 Å². The molecule has 1 atom stereocenters. The molecule has 0 heterocycles. The summed E-state index contributed by atoms with van der Waals surface area (Å²) in [6, 6.07) is 6.27. The number of nitrogens with two attached hydrogens (primary N) is 2. The molecule has 5 nitrogen and oxygen atoms in total. The summed E-state index contributed by atoms with van der Waals surface area (Å²) >= 11 is 0. The normalized spacial score (nSPS) is 12.2. The summed E-state index contributed by atoms with van der Waals surface area (Å²) in [4.78, 5) is 13.5. The van der Waals surface area contributed by atoms with Gasteiger partial charge in [0.15, 0.2) is 0 Å². The van der Waals surface area contributed by atoms with Gasteiger partial charge in [-0.05, 0) is 37.1 Å². The number of carbonyl (C=O) groups is 1. The second kappa shape index (κ2) is 6.98. The molecule has 0 aromatic heterocycles. The van der Waals surface area contributed by atoms with Crippen molar-refractivity contribution in [3.8, 4) is 5.75 Å². The molecule has 18 heavy (non-hydrogen) atoms. The minimum Gasteiger partial charge on any atom is -0.508 e. The molecule has 0 fully saturated rings. The van der Waals surface area contributed by atoms with Crippen molar-refractivity contribution in [2.24, 2.45) is 11.5 Å². The fourth-order valence-electron chi connectivity index (χ4n) is 1.70. The third kappa shape index (κ3) is 4.35. The number of phenolic OH excluding ortho intramolecular Hbond substituents is 1. The maximum atomic E-state index is 11.9. The first-order chi connectivity index (χ1) is 8.54. The van der Waals surface area contributed by atoms with E-state index in [1.54, 1.807) is 36.2 Å². The summed E-state index contributed by atoms with van der Waals surface area (Å²) in [6.07, 6.45) is 1.36. The van der Waals surface area contributed by atoms with Crippen LogP contribution in [0.2, 0.25) is 0 Å². The molecular weight excluding hydrogens is 230 g/mol. The van der Waals surface area contributed by atoms with Crippen LogP contribution in [0.15, 0.2) is 24.3 Å². The van der Waals surface area contributed by atoms with Crippen LogP contribution in [0, 0.1) is 0 Å². The molecule has 1 aromatic rings. The Bertz CT molecular complexity index is 378. The van der Waals surface area contributed by atoms with E-state index in [9.17, 15) is 9.90 Å². The number of hydrogen-bond acceptors (Lipinski definition) is 4. The van der Waals surface area contributed by atoms with Gasteiger partial charge >= 0.3 is 0 Å². The van der Waals surface area contributed by atoms with Crippen LogP contribution in [-0.2, 0) is 11.3 Å². The van der Waals surface area contributed by atoms with Gasteiger partial charge in [-0.1, -0.05) is 12.1 Å². The van der Waals surface area contributed by atoms with Crippen LogP contribution in [-0.4, -0.2) is 35.5 Å². The Kier molecular flexibility index (Phi) is 5.61. The summed E-state index contributed by atoms with van der Waals surface area (Å²) in [5.74, 6) is 0.129. The zero-order valence-electron chi connectivity index (χ0n) is 10.7. The molecule has 5 heteroatoms. The van der Waals surface area contributed by atoms with Crippen molar-refractivity contribution in [2.45, 2.75) is 25.4 Å². The second-order valence-electron chi connectivity index (χ2n) is 4.40. The highest BCUT2D eigenvalue weighted by atomic mass is 16.3. The first-order valence-electron chi connectivity index (χ1n) is 6.03. The number of nitrogens with zero attached hydrogens (tertiary/aromatic N) is 1. The molecule has 0 radical (unpaired) electrons. The number of hydrogen-bond donors (Lipinski definition) is 3. The minimum atomic E-state index is -0.490. The quantitative estimate of drug-likeness (QED) is 0.683. The van der Waals surface area contributed by atoms with E-state index in [0.717, 1.165) is 12.0 Å². The highest BCUT2D eigenvalue weighted by molar-refractivity contribution is 5.81. The highest BCUT2D eigenvalue weighted by Crippen LogP contribution is 2.11. The van der Waals surface area contributed by atoms with Crippen molar-refractivity contribution in [3.63, 3.8) is 0 Å². The summed E-state index contributed by atoms with van der Waals surface area (Å²) < 4.78 is 0. The van der Waals surface area contributed by atoms with Crippen molar-refractivity contribution in [2.75, 3.05) is 13.6 Å². The fraction of sp³-hybridized carbons (Fsp3) is 0.462. The largest absolute Gasteiger partial charge is 0.508 e. The van der Waals surface area contributed by atoms with E-state index >= 15 is 0 Å². The van der Waals surface area contributed by atoms with Gasteiger partial charge in [-0.3, -0.25) is 4.79 Å². The van der Waals surface area contributed by atoms with Crippen molar-refractivity contribution in [1.82, 2.24) is 4.90 Å². The molecule has 5 N–H and O–H groups in total. The summed E-state index contributed by atoms with van der Waals surface area (Å²) in [5, 5.41) is 9.17. The lowest BCUT2D eigenvalue weighted by molar-refractivity contribution is -0.132. The molecule has 1 rings (SSSR count). The number of likely N-dealkylation sites (N-methyl/N-ethyl adjacent to an activating group) is 1. The van der Waals surface area contributed by atoms with Gasteiger partial charge in [-0.25, -0.2) is 0 Å². The number of benzene rings is 1. The summed E-state index contributed by atoms with van der Waals surface area (Å²) in [5.41, 5.74) is 12.1. The number of amides is 1. The number of aromatic hydroxyl groups is 1. The predicted octanol–water partition coefficient (Wildman–Crippen LogP) is 0.417. The van der Waals surface area contributed by atoms with E-state index in [1.165, 1.54) is 0 Å². The van der Waals surface area contributed by atoms with Crippen LogP contribution in [0.4, 0.5) is 0 Å². The average molecular weight is 251 g/mol. The van der Waals surface area contributed by atoms with Gasteiger partial charge in [-0.15, -0.1) is 0 Å². The third-order valence-corrected chi connectivity index (χ3v) is 2.77. The number of carbonyl (C=O) groups excluding carboxylic acids is 1. The minimum absolute atomic E-state index is 0.0866. The molecule has 0 bridgehead atoms. The second-order valence-corrected chi connectivity index (χ2v) is 4.40. The van der Waals surface area contributed by atoms with Crippen LogP contribution >= 0.6 is 0 Å². The Morgan fingerprint density at radius 2 is 2.00 bits per heavy atom. The van der Waals surface area contributed by atoms with Gasteiger partial charge in [0.05, 0.1) is 6.04 Å². The average Bonchev–Trinajstić information content (AvgIpc) is 2.37. The smallest absolute Gasteiger partial charge is 0.239 e. The standard InChI is InChI=1S/C13H21N3O2/c1-16(13(18)12(15)3-2-8-14)9-10-4-6-11(17)7-5-10/h4-7,12,17H,2-3,8-9,14-15H2,1H3/t12-/m0/s1. The SMILES string of the molecule is CN(Cc1ccc(O)cc1)C(=O)[C@@H](N)CCCN. The van der Waals surface area contributed by atoms with E-state index in [-0.39, 0.29) is 11.7 Å². The first kappa shape index (κ1) is 14.5. The molecule has 1 amide bonds. The molecule has 0 saturated carbocycles. The van der Waals surface area contributed by atoms with Gasteiger partial charge in [0.1, 0.15) is 5.75 Å². The Morgan fingerprint density at radius 3 is 2.56 bits per heavy atom. The lowest BCUT2D eigenvalue weighted by atomic mass is 10.1. The van der Waals surface area contributed by atoms with Gasteiger partial charge in [0.2, 0.25) is 5.91 Å². The molecular formula is C13H21N3O2. The zero-order valence-corrected chi connectivity index (χ0v) is 10.7. The maximum absolute atomic E-state index is 11.9. The maximum Gasteiger partial charge on any atom is 0.239 e. The molecule has 0 unspecified atom stereocenters. The number of phenols is 1. The Hall–Kier alpha value is -1.59. The van der Waals surface area contributed by atoms with Crippen molar-refractivity contribution >= 4 is 5.91 Å². The first-order valence-corrected chi connectivity index (χ1v) is 6.03. The molecule has 0 aliphatic rings. The molecule has 0 spiro atoms. The lowest BCUT2D eigenvalue weighted by Gasteiger charge is -2.21.